The highest BCUT2D eigenvalue weighted by Gasteiger charge is 2.04. The lowest BCUT2D eigenvalue weighted by atomic mass is 10.2. The number of H-pyrrole nitrogens is 1. The van der Waals surface area contributed by atoms with Gasteiger partial charge in [-0.25, -0.2) is 14.4 Å². The molecule has 0 saturated heterocycles. The molecule has 1 N–H and O–H groups in total. The molecule has 0 unspecified atom stereocenters. The van der Waals surface area contributed by atoms with Gasteiger partial charge >= 0.3 is 0 Å². The second kappa shape index (κ2) is 5.02. The third-order valence-electron chi connectivity index (χ3n) is 2.81. The molecule has 1 aromatic carbocycles. The minimum atomic E-state index is -0.607. The Kier molecular flexibility index (Phi) is 3.20. The Hall–Kier alpha value is -2.27. The van der Waals surface area contributed by atoms with Crippen molar-refractivity contribution in [2.24, 2.45) is 4.99 Å². The van der Waals surface area contributed by atoms with Crippen molar-refractivity contribution in [3.8, 4) is 0 Å². The normalized spacial score (nSPS) is 11.6. The largest absolute Gasteiger partial charge is 0.359 e. The minimum Gasteiger partial charge on any atom is -0.359 e. The molecule has 0 aliphatic heterocycles. The van der Waals surface area contributed by atoms with Crippen LogP contribution in [-0.4, -0.2) is 21.2 Å². The van der Waals surface area contributed by atoms with Crippen LogP contribution in [0, 0.1) is 12.7 Å². The fraction of sp³-hybridized carbons (Fsp3) is 0.0714. The SMILES string of the molecule is Cc1cc2cc(C=Nc3nc(Cl)ncc3F)ccc2[nH]1. The predicted molar refractivity (Wildman–Crippen MR) is 77.3 cm³/mol. The summed E-state index contributed by atoms with van der Waals surface area (Å²) in [4.78, 5) is 14.5. The molecule has 0 amide bonds. The number of nitrogens with one attached hydrogen (secondary N) is 1. The summed E-state index contributed by atoms with van der Waals surface area (Å²) in [5.74, 6) is -0.681. The van der Waals surface area contributed by atoms with Crippen molar-refractivity contribution in [3.63, 3.8) is 0 Å². The number of hydrogen-bond donors (Lipinski definition) is 1. The van der Waals surface area contributed by atoms with Crippen molar-refractivity contribution in [2.45, 2.75) is 6.92 Å². The standard InChI is InChI=1S/C14H10ClFN4/c1-8-4-10-5-9(2-3-12(10)19-8)6-17-13-11(16)7-18-14(15)20-13/h2-7,19H,1H3. The van der Waals surface area contributed by atoms with E-state index in [0.717, 1.165) is 28.4 Å². The van der Waals surface area contributed by atoms with Crippen LogP contribution in [0.15, 0.2) is 35.5 Å². The van der Waals surface area contributed by atoms with Gasteiger partial charge in [0.05, 0.1) is 6.20 Å². The Morgan fingerprint density at radius 2 is 2.20 bits per heavy atom. The van der Waals surface area contributed by atoms with Crippen molar-refractivity contribution < 1.29 is 4.39 Å². The van der Waals surface area contributed by atoms with Gasteiger partial charge in [-0.2, -0.15) is 4.98 Å². The molecule has 0 bridgehead atoms. The van der Waals surface area contributed by atoms with Gasteiger partial charge in [-0.3, -0.25) is 0 Å². The quantitative estimate of drug-likeness (QED) is 0.576. The first-order valence-corrected chi connectivity index (χ1v) is 6.31. The number of aromatic nitrogens is 3. The van der Waals surface area contributed by atoms with Crippen LogP contribution in [0.5, 0.6) is 0 Å². The molecule has 0 radical (unpaired) electrons. The van der Waals surface area contributed by atoms with Crippen molar-refractivity contribution in [1.82, 2.24) is 15.0 Å². The highest BCUT2D eigenvalue weighted by atomic mass is 35.5. The Balaban J connectivity index is 1.95. The summed E-state index contributed by atoms with van der Waals surface area (Å²) in [5.41, 5.74) is 2.99. The number of aromatic amines is 1. The summed E-state index contributed by atoms with van der Waals surface area (Å²) in [5, 5.41) is 1.04. The van der Waals surface area contributed by atoms with Gasteiger partial charge in [0.1, 0.15) is 0 Å². The van der Waals surface area contributed by atoms with Crippen LogP contribution in [0.25, 0.3) is 10.9 Å². The number of aryl methyl sites for hydroxylation is 1. The zero-order valence-electron chi connectivity index (χ0n) is 10.6. The van der Waals surface area contributed by atoms with Gasteiger partial charge in [0, 0.05) is 22.8 Å². The van der Waals surface area contributed by atoms with Gasteiger partial charge in [-0.15, -0.1) is 0 Å². The highest BCUT2D eigenvalue weighted by Crippen LogP contribution is 2.18. The summed E-state index contributed by atoms with van der Waals surface area (Å²) >= 11 is 5.61. The average molecular weight is 289 g/mol. The molecule has 3 aromatic rings. The summed E-state index contributed by atoms with van der Waals surface area (Å²) in [7, 11) is 0. The molecular weight excluding hydrogens is 279 g/mol. The molecule has 3 rings (SSSR count). The van der Waals surface area contributed by atoms with E-state index in [2.05, 4.69) is 19.9 Å². The van der Waals surface area contributed by atoms with E-state index in [1.165, 1.54) is 0 Å². The first-order chi connectivity index (χ1) is 9.61. The smallest absolute Gasteiger partial charge is 0.224 e. The van der Waals surface area contributed by atoms with Crippen LogP contribution >= 0.6 is 11.6 Å². The maximum atomic E-state index is 13.4. The van der Waals surface area contributed by atoms with Gasteiger partial charge in [0.25, 0.3) is 0 Å². The van der Waals surface area contributed by atoms with Gasteiger partial charge in [-0.1, -0.05) is 6.07 Å². The van der Waals surface area contributed by atoms with E-state index in [-0.39, 0.29) is 11.1 Å². The number of hydrogen-bond acceptors (Lipinski definition) is 3. The lowest BCUT2D eigenvalue weighted by Gasteiger charge is -1.96. The molecule has 2 aromatic heterocycles. The van der Waals surface area contributed by atoms with Crippen LogP contribution < -0.4 is 0 Å². The fourth-order valence-corrected chi connectivity index (χ4v) is 2.07. The van der Waals surface area contributed by atoms with Gasteiger partial charge in [0.2, 0.25) is 5.28 Å². The van der Waals surface area contributed by atoms with E-state index in [1.54, 1.807) is 6.21 Å². The number of halogens is 2. The van der Waals surface area contributed by atoms with Crippen molar-refractivity contribution in [3.05, 3.63) is 52.8 Å². The second-order valence-electron chi connectivity index (χ2n) is 4.37. The molecule has 2 heterocycles. The molecule has 100 valence electrons. The van der Waals surface area contributed by atoms with Crippen LogP contribution in [-0.2, 0) is 0 Å². The first kappa shape index (κ1) is 12.7. The minimum absolute atomic E-state index is 0.0322. The Bertz CT molecular complexity index is 810. The number of fused-ring (bicyclic) bond motifs is 1. The summed E-state index contributed by atoms with van der Waals surface area (Å²) < 4.78 is 13.4. The molecule has 0 aliphatic rings. The molecule has 20 heavy (non-hydrogen) atoms. The van der Waals surface area contributed by atoms with Gasteiger partial charge in [-0.05, 0) is 42.3 Å². The number of rotatable bonds is 2. The molecule has 4 nitrogen and oxygen atoms in total. The lowest BCUT2D eigenvalue weighted by molar-refractivity contribution is 0.616. The third-order valence-corrected chi connectivity index (χ3v) is 2.99. The van der Waals surface area contributed by atoms with Crippen molar-refractivity contribution >= 4 is 34.5 Å². The van der Waals surface area contributed by atoms with E-state index < -0.39 is 5.82 Å². The van der Waals surface area contributed by atoms with Crippen LogP contribution in [0.4, 0.5) is 10.2 Å². The molecule has 0 atom stereocenters. The molecular formula is C14H10ClFN4. The zero-order chi connectivity index (χ0) is 14.1. The average Bonchev–Trinajstić information content (AvgIpc) is 2.79. The highest BCUT2D eigenvalue weighted by molar-refractivity contribution is 6.28. The number of aliphatic imine (C=N–C) groups is 1. The number of nitrogens with zero attached hydrogens (tertiary/aromatic N) is 3. The van der Waals surface area contributed by atoms with Crippen molar-refractivity contribution in [1.29, 1.82) is 0 Å². The molecule has 6 heteroatoms. The Morgan fingerprint density at radius 1 is 1.35 bits per heavy atom. The van der Waals surface area contributed by atoms with E-state index in [9.17, 15) is 4.39 Å². The van der Waals surface area contributed by atoms with E-state index in [1.807, 2.05) is 31.2 Å². The molecule has 0 spiro atoms. The summed E-state index contributed by atoms with van der Waals surface area (Å²) in [6.45, 7) is 1.99. The number of benzene rings is 1. The van der Waals surface area contributed by atoms with E-state index in [4.69, 9.17) is 11.6 Å². The lowest BCUT2D eigenvalue weighted by Crippen LogP contribution is -1.88. The van der Waals surface area contributed by atoms with Gasteiger partial charge < -0.3 is 4.98 Å². The topological polar surface area (TPSA) is 53.9 Å². The van der Waals surface area contributed by atoms with Gasteiger partial charge in [0.15, 0.2) is 11.6 Å². The van der Waals surface area contributed by atoms with E-state index in [0.29, 0.717) is 0 Å². The maximum absolute atomic E-state index is 13.4. The Morgan fingerprint density at radius 3 is 3.05 bits per heavy atom. The summed E-state index contributed by atoms with van der Waals surface area (Å²) in [6, 6.07) is 7.84. The molecule has 0 aliphatic carbocycles. The van der Waals surface area contributed by atoms with Crippen LogP contribution in [0.3, 0.4) is 0 Å². The zero-order valence-corrected chi connectivity index (χ0v) is 11.3. The maximum Gasteiger partial charge on any atom is 0.224 e. The monoisotopic (exact) mass is 288 g/mol. The first-order valence-electron chi connectivity index (χ1n) is 5.93. The third kappa shape index (κ3) is 2.53. The molecule has 0 saturated carbocycles. The van der Waals surface area contributed by atoms with Crippen molar-refractivity contribution in [2.75, 3.05) is 0 Å². The Labute approximate surface area is 119 Å². The fourth-order valence-electron chi connectivity index (χ4n) is 1.94. The predicted octanol–water partition coefficient (Wildman–Crippen LogP) is 3.81. The second-order valence-corrected chi connectivity index (χ2v) is 4.71. The van der Waals surface area contributed by atoms with Crippen LogP contribution in [0.2, 0.25) is 5.28 Å². The molecule has 0 fully saturated rings. The van der Waals surface area contributed by atoms with Crippen LogP contribution in [0.1, 0.15) is 11.3 Å². The van der Waals surface area contributed by atoms with E-state index >= 15 is 0 Å². The summed E-state index contributed by atoms with van der Waals surface area (Å²) in [6.07, 6.45) is 2.55.